The van der Waals surface area contributed by atoms with Crippen LogP contribution in [0, 0.1) is 18.3 Å². The van der Waals surface area contributed by atoms with Crippen molar-refractivity contribution in [2.75, 3.05) is 0 Å². The molecule has 3 rings (SSSR count). The zero-order chi connectivity index (χ0) is 14.3. The summed E-state index contributed by atoms with van der Waals surface area (Å²) >= 11 is 0. The molecule has 104 valence electrons. The Kier molecular flexibility index (Phi) is 3.18. The monoisotopic (exact) mass is 287 g/mol. The molecule has 2 bridgehead atoms. The Morgan fingerprint density at radius 2 is 2.10 bits per heavy atom. The molecule has 0 radical (unpaired) electrons. The quantitative estimate of drug-likeness (QED) is 0.798. The van der Waals surface area contributed by atoms with E-state index in [4.69, 9.17) is 5.26 Å². The van der Waals surface area contributed by atoms with Gasteiger partial charge in [-0.3, -0.25) is 0 Å². The maximum absolute atomic E-state index is 12.3. The highest BCUT2D eigenvalue weighted by Gasteiger charge is 2.40. The fourth-order valence-electron chi connectivity index (χ4n) is 3.26. The van der Waals surface area contributed by atoms with Crippen LogP contribution in [0.4, 0.5) is 0 Å². The van der Waals surface area contributed by atoms with Crippen LogP contribution in [0.3, 0.4) is 0 Å². The van der Waals surface area contributed by atoms with E-state index in [9.17, 15) is 8.42 Å². The van der Waals surface area contributed by atoms with Crippen LogP contribution in [0.2, 0.25) is 0 Å². The van der Waals surface area contributed by atoms with Gasteiger partial charge in [0.05, 0.1) is 22.1 Å². The third-order valence-corrected chi connectivity index (χ3v) is 7.00. The molecule has 0 N–H and O–H groups in total. The molecule has 0 aliphatic carbocycles. The van der Waals surface area contributed by atoms with Gasteiger partial charge >= 0.3 is 0 Å². The van der Waals surface area contributed by atoms with E-state index in [0.29, 0.717) is 12.0 Å². The highest BCUT2D eigenvalue weighted by molar-refractivity contribution is 7.93. The van der Waals surface area contributed by atoms with Gasteiger partial charge in [0.2, 0.25) is 0 Å². The van der Waals surface area contributed by atoms with Crippen molar-refractivity contribution < 1.29 is 8.42 Å². The molecule has 1 aromatic carbocycles. The van der Waals surface area contributed by atoms with Crippen molar-refractivity contribution in [3.05, 3.63) is 41.0 Å². The molecule has 1 saturated heterocycles. The van der Waals surface area contributed by atoms with Crippen LogP contribution in [-0.2, 0) is 9.84 Å². The van der Waals surface area contributed by atoms with Gasteiger partial charge in [-0.15, -0.1) is 0 Å². The lowest BCUT2D eigenvalue weighted by Crippen LogP contribution is -2.38. The number of hydrogen-bond acceptors (Lipinski definition) is 3. The molecule has 20 heavy (non-hydrogen) atoms. The Morgan fingerprint density at radius 1 is 1.30 bits per heavy atom. The summed E-state index contributed by atoms with van der Waals surface area (Å²) in [5.41, 5.74) is 3.82. The molecule has 4 heteroatoms. The number of nitriles is 1. The van der Waals surface area contributed by atoms with E-state index in [1.54, 1.807) is 0 Å². The molecule has 1 aromatic rings. The predicted molar refractivity (Wildman–Crippen MR) is 78.8 cm³/mol. The van der Waals surface area contributed by atoms with Crippen molar-refractivity contribution in [1.82, 2.24) is 0 Å². The molecule has 1 fully saturated rings. The summed E-state index contributed by atoms with van der Waals surface area (Å²) in [5, 5.41) is 8.46. The second kappa shape index (κ2) is 4.75. The standard InChI is InChI=1S/C16H17NO2S/c1-11-7-12(5-6-13(11)10-17)14-8-15-3-2-4-16(9-14)20(15,18)19/h5-8,15-16H,2-4,9H2,1H3. The van der Waals surface area contributed by atoms with Crippen molar-refractivity contribution in [2.45, 2.75) is 43.1 Å². The van der Waals surface area contributed by atoms with Crippen molar-refractivity contribution in [1.29, 1.82) is 5.26 Å². The average molecular weight is 287 g/mol. The van der Waals surface area contributed by atoms with Crippen LogP contribution >= 0.6 is 0 Å². The summed E-state index contributed by atoms with van der Waals surface area (Å²) in [6.07, 6.45) is 5.09. The second-order valence-corrected chi connectivity index (χ2v) is 8.17. The summed E-state index contributed by atoms with van der Waals surface area (Å²) in [6, 6.07) is 7.92. The minimum atomic E-state index is -2.96. The predicted octanol–water partition coefficient (Wildman–Crippen LogP) is 2.99. The first kappa shape index (κ1) is 13.4. The summed E-state index contributed by atoms with van der Waals surface area (Å²) in [4.78, 5) is 0. The fourth-order valence-corrected chi connectivity index (χ4v) is 5.51. The minimum Gasteiger partial charge on any atom is -0.228 e. The van der Waals surface area contributed by atoms with Gasteiger partial charge in [-0.2, -0.15) is 5.26 Å². The molecule has 2 atom stereocenters. The SMILES string of the molecule is Cc1cc(C2=CC3CCCC(C2)S3(=O)=O)ccc1C#N. The zero-order valence-corrected chi connectivity index (χ0v) is 12.3. The van der Waals surface area contributed by atoms with E-state index in [1.807, 2.05) is 31.2 Å². The smallest absolute Gasteiger partial charge is 0.159 e. The first-order valence-corrected chi connectivity index (χ1v) is 8.58. The van der Waals surface area contributed by atoms with E-state index in [-0.39, 0.29) is 10.5 Å². The first-order valence-electron chi connectivity index (χ1n) is 6.97. The van der Waals surface area contributed by atoms with Crippen LogP contribution in [0.25, 0.3) is 5.57 Å². The van der Waals surface area contributed by atoms with Gasteiger partial charge in [-0.25, -0.2) is 8.42 Å². The molecular formula is C16H17NO2S. The second-order valence-electron chi connectivity index (χ2n) is 5.72. The largest absolute Gasteiger partial charge is 0.228 e. The third-order valence-electron chi connectivity index (χ3n) is 4.45. The summed E-state index contributed by atoms with van der Waals surface area (Å²) in [6.45, 7) is 1.92. The Bertz CT molecular complexity index is 725. The maximum Gasteiger partial charge on any atom is 0.159 e. The van der Waals surface area contributed by atoms with Gasteiger partial charge in [0, 0.05) is 0 Å². The molecule has 2 unspecified atom stereocenters. The summed E-state index contributed by atoms with van der Waals surface area (Å²) in [5.74, 6) is 0. The highest BCUT2D eigenvalue weighted by Crippen LogP contribution is 2.39. The molecule has 0 amide bonds. The summed E-state index contributed by atoms with van der Waals surface area (Å²) in [7, 11) is -2.96. The van der Waals surface area contributed by atoms with Crippen molar-refractivity contribution in [3.63, 3.8) is 0 Å². The van der Waals surface area contributed by atoms with Crippen LogP contribution in [0.1, 0.15) is 42.4 Å². The van der Waals surface area contributed by atoms with Gasteiger partial charge in [0.15, 0.2) is 9.84 Å². The van der Waals surface area contributed by atoms with Crippen LogP contribution < -0.4 is 0 Å². The Labute approximate surface area is 119 Å². The molecular weight excluding hydrogens is 270 g/mol. The number of fused-ring (bicyclic) bond motifs is 2. The van der Waals surface area contributed by atoms with Gasteiger partial charge in [0.1, 0.15) is 0 Å². The fraction of sp³-hybridized carbons (Fsp3) is 0.438. The lowest BCUT2D eigenvalue weighted by Gasteiger charge is -2.33. The number of benzene rings is 1. The lowest BCUT2D eigenvalue weighted by molar-refractivity contribution is 0.518. The molecule has 3 nitrogen and oxygen atoms in total. The zero-order valence-electron chi connectivity index (χ0n) is 11.5. The Morgan fingerprint density at radius 3 is 2.75 bits per heavy atom. The van der Waals surface area contributed by atoms with E-state index in [2.05, 4.69) is 6.07 Å². The van der Waals surface area contributed by atoms with Crippen LogP contribution in [0.15, 0.2) is 24.3 Å². The number of aryl methyl sites for hydroxylation is 1. The maximum atomic E-state index is 12.3. The van der Waals surface area contributed by atoms with E-state index in [0.717, 1.165) is 36.0 Å². The number of hydrogen-bond donors (Lipinski definition) is 0. The van der Waals surface area contributed by atoms with Crippen LogP contribution in [0.5, 0.6) is 0 Å². The van der Waals surface area contributed by atoms with E-state index >= 15 is 0 Å². The number of rotatable bonds is 1. The molecule has 2 aliphatic rings. The van der Waals surface area contributed by atoms with Crippen molar-refractivity contribution in [3.8, 4) is 6.07 Å². The Hall–Kier alpha value is -1.60. The number of nitrogens with zero attached hydrogens (tertiary/aromatic N) is 1. The van der Waals surface area contributed by atoms with E-state index < -0.39 is 9.84 Å². The van der Waals surface area contributed by atoms with Crippen molar-refractivity contribution >= 4 is 15.4 Å². The first-order chi connectivity index (χ1) is 9.52. The molecule has 2 aliphatic heterocycles. The Balaban J connectivity index is 2.02. The normalized spacial score (nSPS) is 27.5. The minimum absolute atomic E-state index is 0.211. The van der Waals surface area contributed by atoms with Gasteiger partial charge in [-0.1, -0.05) is 24.6 Å². The molecule has 0 aromatic heterocycles. The third kappa shape index (κ3) is 2.06. The average Bonchev–Trinajstić information content (AvgIpc) is 2.37. The molecule has 2 heterocycles. The van der Waals surface area contributed by atoms with Gasteiger partial charge < -0.3 is 0 Å². The van der Waals surface area contributed by atoms with E-state index in [1.165, 1.54) is 0 Å². The lowest BCUT2D eigenvalue weighted by atomic mass is 9.92. The van der Waals surface area contributed by atoms with Gasteiger partial charge in [0.25, 0.3) is 0 Å². The number of sulfone groups is 1. The highest BCUT2D eigenvalue weighted by atomic mass is 32.2. The van der Waals surface area contributed by atoms with Crippen LogP contribution in [-0.4, -0.2) is 18.9 Å². The van der Waals surface area contributed by atoms with Gasteiger partial charge in [-0.05, 0) is 49.0 Å². The molecule has 0 spiro atoms. The molecule has 0 saturated carbocycles. The van der Waals surface area contributed by atoms with Crippen molar-refractivity contribution in [2.24, 2.45) is 0 Å². The topological polar surface area (TPSA) is 57.9 Å². The summed E-state index contributed by atoms with van der Waals surface area (Å²) < 4.78 is 24.5. The number of allylic oxidation sites excluding steroid dienone is 1.